The molecule has 5 N–H and O–H groups in total. The van der Waals surface area contributed by atoms with Crippen molar-refractivity contribution in [2.75, 3.05) is 30.7 Å². The van der Waals surface area contributed by atoms with E-state index in [1.807, 2.05) is 6.07 Å². The molecular formula is C26H36N8O3S. The zero-order chi connectivity index (χ0) is 26.6. The number of aliphatic hydroxyl groups excluding tert-OH is 2. The lowest BCUT2D eigenvalue weighted by Gasteiger charge is -2.17. The number of aromatic nitrogens is 5. The van der Waals surface area contributed by atoms with Crippen molar-refractivity contribution in [1.82, 2.24) is 35.6 Å². The maximum absolute atomic E-state index is 11.0. The number of thioether (sulfide) groups is 1. The van der Waals surface area contributed by atoms with Gasteiger partial charge in [0.05, 0.1) is 12.1 Å². The zero-order valence-corrected chi connectivity index (χ0v) is 22.6. The summed E-state index contributed by atoms with van der Waals surface area (Å²) in [5.41, 5.74) is 2.44. The summed E-state index contributed by atoms with van der Waals surface area (Å²) in [6.45, 7) is 5.21. The SMILES string of the molecule is CCCSc1nc(NC2CC2c2ccccc2)c2nnn(C3CC(CNCCNC(C)=O)C(O)C3O)c2n1. The van der Waals surface area contributed by atoms with E-state index in [4.69, 9.17) is 9.97 Å². The predicted molar refractivity (Wildman–Crippen MR) is 146 cm³/mol. The maximum Gasteiger partial charge on any atom is 0.216 e. The van der Waals surface area contributed by atoms with Gasteiger partial charge in [-0.25, -0.2) is 14.6 Å². The number of fused-ring (bicyclic) bond motifs is 1. The van der Waals surface area contributed by atoms with Crippen LogP contribution in [0.4, 0.5) is 5.82 Å². The molecule has 5 rings (SSSR count). The number of aliphatic hydroxyl groups is 2. The lowest BCUT2D eigenvalue weighted by Crippen LogP contribution is -2.36. The highest BCUT2D eigenvalue weighted by molar-refractivity contribution is 7.99. The van der Waals surface area contributed by atoms with Crippen LogP contribution >= 0.6 is 11.8 Å². The number of rotatable bonds is 12. The molecule has 3 aromatic rings. The minimum atomic E-state index is -0.994. The third kappa shape index (κ3) is 5.93. The summed E-state index contributed by atoms with van der Waals surface area (Å²) < 4.78 is 1.66. The van der Waals surface area contributed by atoms with Crippen molar-refractivity contribution < 1.29 is 15.0 Å². The molecule has 38 heavy (non-hydrogen) atoms. The second kappa shape index (κ2) is 11.9. The van der Waals surface area contributed by atoms with Gasteiger partial charge in [-0.2, -0.15) is 0 Å². The van der Waals surface area contributed by atoms with E-state index in [2.05, 4.69) is 57.5 Å². The van der Waals surface area contributed by atoms with E-state index in [0.29, 0.717) is 54.1 Å². The Bertz CT molecular complexity index is 1240. The second-order valence-corrected chi connectivity index (χ2v) is 11.2. The second-order valence-electron chi connectivity index (χ2n) is 10.1. The maximum atomic E-state index is 11.0. The highest BCUT2D eigenvalue weighted by atomic mass is 32.2. The molecule has 6 atom stereocenters. The molecule has 2 aliphatic rings. The molecule has 2 aromatic heterocycles. The van der Waals surface area contributed by atoms with E-state index in [-0.39, 0.29) is 17.9 Å². The molecule has 11 nitrogen and oxygen atoms in total. The lowest BCUT2D eigenvalue weighted by atomic mass is 10.1. The first-order chi connectivity index (χ1) is 18.5. The quantitative estimate of drug-likeness (QED) is 0.130. The number of hydrogen-bond acceptors (Lipinski definition) is 10. The Morgan fingerprint density at radius 1 is 1.13 bits per heavy atom. The summed E-state index contributed by atoms with van der Waals surface area (Å²) in [7, 11) is 0. The Labute approximate surface area is 226 Å². The van der Waals surface area contributed by atoms with Gasteiger partial charge in [0.15, 0.2) is 22.1 Å². The fourth-order valence-electron chi connectivity index (χ4n) is 5.15. The van der Waals surface area contributed by atoms with Gasteiger partial charge < -0.3 is 26.2 Å². The Morgan fingerprint density at radius 3 is 2.71 bits per heavy atom. The van der Waals surface area contributed by atoms with Crippen LogP contribution in [0.25, 0.3) is 11.2 Å². The third-order valence-electron chi connectivity index (χ3n) is 7.25. The van der Waals surface area contributed by atoms with Crippen molar-refractivity contribution in [3.05, 3.63) is 35.9 Å². The van der Waals surface area contributed by atoms with Gasteiger partial charge in [-0.05, 0) is 24.8 Å². The van der Waals surface area contributed by atoms with Crippen LogP contribution in [0.2, 0.25) is 0 Å². The standard InChI is InChI=1S/C26H36N8O3S/c1-3-11-38-26-30-24(29-19-13-18(19)16-7-5-4-6-8-16)21-25(31-26)34(33-32-21)20-12-17(22(36)23(20)37)14-27-9-10-28-15(2)35/h4-8,17-20,22-23,27,36-37H,3,9-14H2,1-2H3,(H,28,35)(H,29,30,31). The minimum absolute atomic E-state index is 0.0779. The smallest absolute Gasteiger partial charge is 0.216 e. The van der Waals surface area contributed by atoms with Crippen molar-refractivity contribution in [2.24, 2.45) is 5.92 Å². The van der Waals surface area contributed by atoms with Gasteiger partial charge in [0, 0.05) is 50.2 Å². The van der Waals surface area contributed by atoms with E-state index >= 15 is 0 Å². The van der Waals surface area contributed by atoms with Crippen LogP contribution < -0.4 is 16.0 Å². The summed E-state index contributed by atoms with van der Waals surface area (Å²) in [5.74, 6) is 1.73. The molecule has 0 spiro atoms. The molecule has 0 saturated heterocycles. The van der Waals surface area contributed by atoms with E-state index in [1.54, 1.807) is 16.4 Å². The fourth-order valence-corrected chi connectivity index (χ4v) is 5.84. The number of nitrogens with one attached hydrogen (secondary N) is 3. The number of carbonyl (C=O) groups excluding carboxylic acids is 1. The minimum Gasteiger partial charge on any atom is -0.390 e. The van der Waals surface area contributed by atoms with Crippen LogP contribution in [0.1, 0.15) is 50.6 Å². The Balaban J connectivity index is 1.34. The Hall–Kier alpha value is -2.80. The van der Waals surface area contributed by atoms with Gasteiger partial charge in [0.1, 0.15) is 6.10 Å². The molecule has 6 unspecified atom stereocenters. The van der Waals surface area contributed by atoms with Gasteiger partial charge >= 0.3 is 0 Å². The zero-order valence-electron chi connectivity index (χ0n) is 21.7. The molecule has 1 amide bonds. The third-order valence-corrected chi connectivity index (χ3v) is 8.30. The molecule has 2 heterocycles. The van der Waals surface area contributed by atoms with Crippen LogP contribution in [0.5, 0.6) is 0 Å². The number of anilines is 1. The normalized spacial score (nSPS) is 26.5. The first-order valence-electron chi connectivity index (χ1n) is 13.3. The first kappa shape index (κ1) is 26.8. The molecular weight excluding hydrogens is 504 g/mol. The number of carbonyl (C=O) groups is 1. The molecule has 0 aliphatic heterocycles. The van der Waals surface area contributed by atoms with E-state index in [0.717, 1.165) is 18.6 Å². The lowest BCUT2D eigenvalue weighted by molar-refractivity contribution is -0.118. The predicted octanol–water partition coefficient (Wildman–Crippen LogP) is 1.70. The molecule has 0 radical (unpaired) electrons. The fraction of sp³-hybridized carbons (Fsp3) is 0.577. The van der Waals surface area contributed by atoms with Gasteiger partial charge in [0.25, 0.3) is 0 Å². The number of benzene rings is 1. The number of hydrogen-bond donors (Lipinski definition) is 5. The van der Waals surface area contributed by atoms with Gasteiger partial charge in [0.2, 0.25) is 5.91 Å². The molecule has 0 bridgehead atoms. The molecule has 1 aromatic carbocycles. The summed E-state index contributed by atoms with van der Waals surface area (Å²) in [6, 6.07) is 10.3. The number of amides is 1. The van der Waals surface area contributed by atoms with Crippen LogP contribution in [-0.2, 0) is 4.79 Å². The van der Waals surface area contributed by atoms with E-state index in [1.165, 1.54) is 12.5 Å². The van der Waals surface area contributed by atoms with Crippen LogP contribution in [0.3, 0.4) is 0 Å². The Kier molecular flexibility index (Phi) is 8.42. The highest BCUT2D eigenvalue weighted by Crippen LogP contribution is 2.43. The molecule has 204 valence electrons. The summed E-state index contributed by atoms with van der Waals surface area (Å²) >= 11 is 1.59. The van der Waals surface area contributed by atoms with Crippen molar-refractivity contribution in [1.29, 1.82) is 0 Å². The van der Waals surface area contributed by atoms with Gasteiger partial charge in [-0.3, -0.25) is 4.79 Å². The van der Waals surface area contributed by atoms with Crippen LogP contribution in [0.15, 0.2) is 35.5 Å². The monoisotopic (exact) mass is 540 g/mol. The Morgan fingerprint density at radius 2 is 1.95 bits per heavy atom. The topological polar surface area (TPSA) is 150 Å². The van der Waals surface area contributed by atoms with Crippen LogP contribution in [-0.4, -0.2) is 84.7 Å². The molecule has 2 saturated carbocycles. The first-order valence-corrected chi connectivity index (χ1v) is 14.3. The largest absolute Gasteiger partial charge is 0.390 e. The average molecular weight is 541 g/mol. The summed E-state index contributed by atoms with van der Waals surface area (Å²) in [5, 5.41) is 40.7. The molecule has 2 fully saturated rings. The number of nitrogens with zero attached hydrogens (tertiary/aromatic N) is 5. The summed E-state index contributed by atoms with van der Waals surface area (Å²) in [4.78, 5) is 20.6. The highest BCUT2D eigenvalue weighted by Gasteiger charge is 2.44. The van der Waals surface area contributed by atoms with Crippen molar-refractivity contribution in [3.8, 4) is 0 Å². The van der Waals surface area contributed by atoms with Crippen molar-refractivity contribution in [2.45, 2.75) is 68.5 Å². The van der Waals surface area contributed by atoms with Crippen molar-refractivity contribution >= 4 is 34.7 Å². The summed E-state index contributed by atoms with van der Waals surface area (Å²) in [6.07, 6.45) is 0.641. The van der Waals surface area contributed by atoms with E-state index in [9.17, 15) is 15.0 Å². The van der Waals surface area contributed by atoms with Gasteiger partial charge in [-0.1, -0.05) is 54.2 Å². The van der Waals surface area contributed by atoms with Gasteiger partial charge in [-0.15, -0.1) is 5.10 Å². The van der Waals surface area contributed by atoms with E-state index < -0.39 is 18.2 Å². The molecule has 2 aliphatic carbocycles. The van der Waals surface area contributed by atoms with Crippen molar-refractivity contribution in [3.63, 3.8) is 0 Å². The molecule has 12 heteroatoms. The average Bonchev–Trinajstić information content (AvgIpc) is 3.47. The van der Waals surface area contributed by atoms with Crippen LogP contribution in [0, 0.1) is 5.92 Å².